The first kappa shape index (κ1) is 32.4. The molecule has 0 saturated carbocycles. The molecule has 0 bridgehead atoms. The predicted octanol–water partition coefficient (Wildman–Crippen LogP) is 2.91. The van der Waals surface area contributed by atoms with Crippen LogP contribution in [-0.2, 0) is 14.3 Å². The Morgan fingerprint density at radius 1 is 1.05 bits per heavy atom. The molecule has 228 valence electrons. The van der Waals surface area contributed by atoms with Crippen LogP contribution in [0.25, 0.3) is 0 Å². The van der Waals surface area contributed by atoms with Gasteiger partial charge in [-0.05, 0) is 56.5 Å². The lowest BCUT2D eigenvalue weighted by molar-refractivity contribution is -0.126. The highest BCUT2D eigenvalue weighted by molar-refractivity contribution is 7.13. The average Bonchev–Trinajstić information content (AvgIpc) is 3.32. The zero-order valence-electron chi connectivity index (χ0n) is 24.0. The predicted molar refractivity (Wildman–Crippen MR) is 168 cm³/mol. The first-order valence-corrected chi connectivity index (χ1v) is 15.9. The maximum atomic E-state index is 12.4. The van der Waals surface area contributed by atoms with Crippen LogP contribution in [0.2, 0.25) is 10.0 Å². The highest BCUT2D eigenvalue weighted by Gasteiger charge is 2.26. The molecule has 3 aliphatic rings. The van der Waals surface area contributed by atoms with Crippen molar-refractivity contribution in [2.45, 2.75) is 32.6 Å². The number of likely N-dealkylation sites (tertiary alicyclic amines) is 1. The van der Waals surface area contributed by atoms with Crippen molar-refractivity contribution < 1.29 is 14.3 Å². The summed E-state index contributed by atoms with van der Waals surface area (Å²) in [5.41, 5.74) is 0.820. The van der Waals surface area contributed by atoms with Crippen molar-refractivity contribution in [1.29, 1.82) is 0 Å². The second-order valence-corrected chi connectivity index (χ2v) is 12.8. The van der Waals surface area contributed by atoms with Crippen LogP contribution in [0.15, 0.2) is 23.3 Å². The van der Waals surface area contributed by atoms with E-state index < -0.39 is 0 Å². The number of nitrogens with zero attached hydrogens (tertiary/aromatic N) is 5. The van der Waals surface area contributed by atoms with Gasteiger partial charge in [0.15, 0.2) is 0 Å². The van der Waals surface area contributed by atoms with Crippen molar-refractivity contribution in [1.82, 2.24) is 25.1 Å². The highest BCUT2D eigenvalue weighted by Crippen LogP contribution is 2.29. The summed E-state index contributed by atoms with van der Waals surface area (Å²) in [6.07, 6.45) is 3.30. The highest BCUT2D eigenvalue weighted by atomic mass is 35.5. The van der Waals surface area contributed by atoms with Crippen molar-refractivity contribution in [3.8, 4) is 0 Å². The first-order chi connectivity index (χ1) is 19.8. The molecule has 2 atom stereocenters. The lowest BCUT2D eigenvalue weighted by atomic mass is 9.96. The Bertz CT molecular complexity index is 1050. The third-order valence-corrected chi connectivity index (χ3v) is 9.18. The molecular weight excluding hydrogens is 584 g/mol. The smallest absolute Gasteiger partial charge is 0.245 e. The Hall–Kier alpha value is -1.52. The van der Waals surface area contributed by atoms with E-state index in [-0.39, 0.29) is 24.3 Å². The van der Waals surface area contributed by atoms with Crippen LogP contribution in [0.5, 0.6) is 0 Å². The molecule has 41 heavy (non-hydrogen) atoms. The van der Waals surface area contributed by atoms with E-state index in [4.69, 9.17) is 27.9 Å². The number of rotatable bonds is 12. The van der Waals surface area contributed by atoms with E-state index in [9.17, 15) is 9.59 Å². The number of hydrazone groups is 1. The minimum atomic E-state index is -0.152. The van der Waals surface area contributed by atoms with Gasteiger partial charge in [0.2, 0.25) is 11.8 Å². The van der Waals surface area contributed by atoms with Crippen LogP contribution in [0, 0.1) is 11.8 Å². The topological polar surface area (TPSA) is 92.8 Å². The number of benzene rings is 1. The van der Waals surface area contributed by atoms with Gasteiger partial charge in [0, 0.05) is 58.2 Å². The van der Waals surface area contributed by atoms with E-state index in [0.717, 1.165) is 44.3 Å². The third kappa shape index (κ3) is 10.6. The van der Waals surface area contributed by atoms with Crippen molar-refractivity contribution in [3.05, 3.63) is 28.2 Å². The summed E-state index contributed by atoms with van der Waals surface area (Å²) >= 11 is 12.1. The number of carbonyl (C=O) groups is 2. The Morgan fingerprint density at radius 3 is 2.54 bits per heavy atom. The second-order valence-electron chi connectivity index (χ2n) is 11.2. The van der Waals surface area contributed by atoms with Crippen molar-refractivity contribution in [3.63, 3.8) is 0 Å². The minimum absolute atomic E-state index is 0.0449. The molecule has 13 heteroatoms. The lowest BCUT2D eigenvalue weighted by Gasteiger charge is -2.37. The number of piperazine rings is 1. The first-order valence-electron chi connectivity index (χ1n) is 14.7. The van der Waals surface area contributed by atoms with Crippen molar-refractivity contribution >= 4 is 55.9 Å². The van der Waals surface area contributed by atoms with Crippen molar-refractivity contribution in [2.24, 2.45) is 16.9 Å². The van der Waals surface area contributed by atoms with Gasteiger partial charge >= 0.3 is 0 Å². The quantitative estimate of drug-likeness (QED) is 0.272. The molecule has 4 rings (SSSR count). The summed E-state index contributed by atoms with van der Waals surface area (Å²) in [6.45, 7) is 12.6. The number of anilines is 1. The second kappa shape index (κ2) is 16.4. The van der Waals surface area contributed by atoms with Gasteiger partial charge in [0.05, 0.1) is 28.9 Å². The molecule has 1 aromatic rings. The van der Waals surface area contributed by atoms with E-state index in [1.54, 1.807) is 17.1 Å². The van der Waals surface area contributed by atoms with E-state index in [1.165, 1.54) is 32.5 Å². The van der Waals surface area contributed by atoms with Gasteiger partial charge in [-0.3, -0.25) is 19.3 Å². The Labute approximate surface area is 256 Å². The van der Waals surface area contributed by atoms with Crippen LogP contribution in [-0.4, -0.2) is 111 Å². The summed E-state index contributed by atoms with van der Waals surface area (Å²) in [5, 5.41) is 13.0. The molecule has 2 unspecified atom stereocenters. The Kier molecular flexibility index (Phi) is 12.9. The van der Waals surface area contributed by atoms with Gasteiger partial charge in [-0.25, -0.2) is 0 Å². The van der Waals surface area contributed by atoms with E-state index in [1.807, 2.05) is 13.0 Å². The monoisotopic (exact) mass is 627 g/mol. The number of piperidine rings is 1. The van der Waals surface area contributed by atoms with Crippen molar-refractivity contribution in [2.75, 3.05) is 83.7 Å². The number of ether oxygens (including phenoxy) is 1. The zero-order chi connectivity index (χ0) is 29.2. The molecule has 0 spiro atoms. The standard InChI is InChI=1S/C28H44Cl2N7O3P/c1-21-18-37(23-4-5-24(29)25(30)17-23)33-28(21)32-26(38)3-2-8-31-27(39)20-40-16-15-34-9-6-22(7-10-34)19-35-11-13-36(41)14-12-35/h4-5,17,21-22H,2-3,6-16,18-20,41H2,1H3,(H,31,39)(H,32,33,38). The number of amidine groups is 1. The molecule has 2 saturated heterocycles. The summed E-state index contributed by atoms with van der Waals surface area (Å²) in [7, 11) is 2.81. The maximum Gasteiger partial charge on any atom is 0.245 e. The molecule has 2 N–H and O–H groups in total. The summed E-state index contributed by atoms with van der Waals surface area (Å²) in [4.78, 5) is 29.6. The zero-order valence-corrected chi connectivity index (χ0v) is 26.7. The van der Waals surface area contributed by atoms with Gasteiger partial charge in [-0.1, -0.05) is 39.5 Å². The van der Waals surface area contributed by atoms with Crippen LogP contribution in [0.1, 0.15) is 32.6 Å². The Balaban J connectivity index is 1.01. The van der Waals surface area contributed by atoms with Crippen LogP contribution in [0.3, 0.4) is 0 Å². The van der Waals surface area contributed by atoms with E-state index in [0.29, 0.717) is 48.4 Å². The minimum Gasteiger partial charge on any atom is -0.370 e. The molecule has 10 nitrogen and oxygen atoms in total. The normalized spacial score (nSPS) is 21.2. The van der Waals surface area contributed by atoms with Crippen LogP contribution >= 0.6 is 32.6 Å². The number of carbonyl (C=O) groups excluding carboxylic acids is 2. The fourth-order valence-electron chi connectivity index (χ4n) is 5.37. The number of hydrogen-bond donors (Lipinski definition) is 2. The van der Waals surface area contributed by atoms with E-state index >= 15 is 0 Å². The fourth-order valence-corrected chi connectivity index (χ4v) is 5.89. The molecule has 1 aromatic carbocycles. The third-order valence-electron chi connectivity index (χ3n) is 7.93. The van der Waals surface area contributed by atoms with Gasteiger partial charge in [0.25, 0.3) is 0 Å². The molecule has 3 heterocycles. The fraction of sp³-hybridized carbons (Fsp3) is 0.679. The number of hydrogen-bond acceptors (Lipinski definition) is 8. The lowest BCUT2D eigenvalue weighted by Crippen LogP contribution is -2.46. The van der Waals surface area contributed by atoms with Crippen LogP contribution in [0.4, 0.5) is 5.69 Å². The van der Waals surface area contributed by atoms with Gasteiger partial charge in [-0.15, -0.1) is 0 Å². The molecule has 0 aliphatic carbocycles. The number of nitrogens with one attached hydrogen (secondary N) is 2. The molecule has 2 fully saturated rings. The Morgan fingerprint density at radius 2 is 1.80 bits per heavy atom. The number of halogens is 2. The maximum absolute atomic E-state index is 12.4. The van der Waals surface area contributed by atoms with Gasteiger partial charge < -0.3 is 25.2 Å². The molecule has 0 radical (unpaired) electrons. The molecule has 2 amide bonds. The van der Waals surface area contributed by atoms with Gasteiger partial charge in [0.1, 0.15) is 12.4 Å². The summed E-state index contributed by atoms with van der Waals surface area (Å²) < 4.78 is 7.93. The summed E-state index contributed by atoms with van der Waals surface area (Å²) in [5.74, 6) is 1.20. The average molecular weight is 629 g/mol. The SMILES string of the molecule is CC1CN(c2ccc(Cl)c(Cl)c2)N=C1NC(=O)CCCNC(=O)COCCN1CCC(CN2CCN(P)CC2)CC1. The van der Waals surface area contributed by atoms with E-state index in [2.05, 4.69) is 39.6 Å². The largest absolute Gasteiger partial charge is 0.370 e. The van der Waals surface area contributed by atoms with Crippen LogP contribution < -0.4 is 15.6 Å². The molecule has 3 aliphatic heterocycles. The molecular formula is C28H44Cl2N7O3P. The molecule has 0 aromatic heterocycles. The number of amides is 2. The van der Waals surface area contributed by atoms with Gasteiger partial charge in [-0.2, -0.15) is 5.10 Å². The summed E-state index contributed by atoms with van der Waals surface area (Å²) in [6, 6.07) is 5.34.